The Hall–Kier alpha value is -2.09. The first kappa shape index (κ1) is 21.2. The van der Waals surface area contributed by atoms with Gasteiger partial charge in [0.15, 0.2) is 10.0 Å². The Balaban J connectivity index is 1.49. The van der Waals surface area contributed by atoms with Gasteiger partial charge in [0.2, 0.25) is 0 Å². The summed E-state index contributed by atoms with van der Waals surface area (Å²) in [5.74, 6) is -1.40. The predicted octanol–water partition coefficient (Wildman–Crippen LogP) is 1.38. The number of halogens is 1. The van der Waals surface area contributed by atoms with Crippen LogP contribution in [0.4, 0.5) is 0 Å². The fraction of sp³-hybridized carbons (Fsp3) is 0.375. The molecule has 0 bridgehead atoms. The Morgan fingerprint density at radius 2 is 2.20 bits per heavy atom. The zero-order chi connectivity index (χ0) is 21.6. The number of carboxylic acids is 1. The number of hydrogen-bond donors (Lipinski definition) is 2. The van der Waals surface area contributed by atoms with E-state index in [1.165, 1.54) is 50.6 Å². The van der Waals surface area contributed by atoms with E-state index in [1.54, 1.807) is 7.05 Å². The lowest BCUT2D eigenvalue weighted by molar-refractivity contribution is -0.148. The molecule has 2 atom stereocenters. The topological polar surface area (TPSA) is 130 Å². The third-order valence-electron chi connectivity index (χ3n) is 4.41. The summed E-state index contributed by atoms with van der Waals surface area (Å²) in [6.45, 7) is 1.84. The molecule has 2 aromatic rings. The Kier molecular flexibility index (Phi) is 5.79. The standard InChI is InChI=1S/C16H15ClN6O4S3/c1-6-19-20-16(30-6)29-5-7-4-28-14-10(13(25)23(14)11(7)15(26)27)18-12(24)9-8(17)3-22(2)21-9/h3,10,14H,4-5H2,1-2H3,(H,18,24)(H,26,27)/t10-,14-/m0/s1. The molecule has 10 nitrogen and oxygen atoms in total. The molecule has 0 unspecified atom stereocenters. The molecule has 4 heterocycles. The van der Waals surface area contributed by atoms with Crippen molar-refractivity contribution in [1.29, 1.82) is 0 Å². The predicted molar refractivity (Wildman–Crippen MR) is 113 cm³/mol. The van der Waals surface area contributed by atoms with E-state index in [0.29, 0.717) is 17.1 Å². The highest BCUT2D eigenvalue weighted by molar-refractivity contribution is 8.01. The first-order chi connectivity index (χ1) is 14.3. The van der Waals surface area contributed by atoms with E-state index in [0.717, 1.165) is 9.35 Å². The Labute approximate surface area is 188 Å². The molecule has 0 aliphatic carbocycles. The van der Waals surface area contributed by atoms with Gasteiger partial charge in [0, 0.05) is 24.8 Å². The molecule has 0 spiro atoms. The SMILES string of the molecule is Cc1nnc(SCC2=C(C(=O)O)N3C(=O)[C@H](NC(=O)c4nn(C)cc4Cl)[C@@H]3SC2)s1. The van der Waals surface area contributed by atoms with Gasteiger partial charge in [-0.15, -0.1) is 22.0 Å². The van der Waals surface area contributed by atoms with Crippen molar-refractivity contribution in [1.82, 2.24) is 30.2 Å². The van der Waals surface area contributed by atoms with Gasteiger partial charge in [-0.05, 0) is 12.5 Å². The van der Waals surface area contributed by atoms with Crippen LogP contribution in [0, 0.1) is 6.92 Å². The fourth-order valence-corrected chi connectivity index (χ4v) is 6.67. The van der Waals surface area contributed by atoms with E-state index >= 15 is 0 Å². The number of thioether (sulfide) groups is 2. The maximum absolute atomic E-state index is 12.7. The molecule has 0 aromatic carbocycles. The Bertz CT molecular complexity index is 1080. The molecular weight excluding hydrogens is 472 g/mol. The second kappa shape index (κ2) is 8.21. The number of aromatic nitrogens is 4. The maximum atomic E-state index is 12.7. The first-order valence-corrected chi connectivity index (χ1v) is 11.8. The van der Waals surface area contributed by atoms with Gasteiger partial charge < -0.3 is 10.4 Å². The van der Waals surface area contributed by atoms with Crippen molar-refractivity contribution in [3.63, 3.8) is 0 Å². The van der Waals surface area contributed by atoms with Crippen molar-refractivity contribution in [3.05, 3.63) is 33.2 Å². The number of β-lactam (4-membered cyclic amide) rings is 1. The highest BCUT2D eigenvalue weighted by atomic mass is 35.5. The molecule has 1 saturated heterocycles. The van der Waals surface area contributed by atoms with Gasteiger partial charge in [0.25, 0.3) is 11.8 Å². The van der Waals surface area contributed by atoms with E-state index in [2.05, 4.69) is 20.6 Å². The van der Waals surface area contributed by atoms with Gasteiger partial charge in [0.05, 0.1) is 5.02 Å². The van der Waals surface area contributed by atoms with Crippen LogP contribution in [0.1, 0.15) is 15.5 Å². The summed E-state index contributed by atoms with van der Waals surface area (Å²) in [5, 5.41) is 24.8. The van der Waals surface area contributed by atoms with Gasteiger partial charge in [-0.25, -0.2) is 4.79 Å². The molecule has 2 aliphatic heterocycles. The lowest BCUT2D eigenvalue weighted by Crippen LogP contribution is -2.70. The minimum Gasteiger partial charge on any atom is -0.477 e. The third-order valence-corrected chi connectivity index (χ3v) is 8.09. The fourth-order valence-electron chi connectivity index (χ4n) is 3.10. The number of hydrogen-bond acceptors (Lipinski definition) is 9. The van der Waals surface area contributed by atoms with Crippen LogP contribution in [0.15, 0.2) is 21.8 Å². The zero-order valence-electron chi connectivity index (χ0n) is 15.7. The molecule has 30 heavy (non-hydrogen) atoms. The number of aliphatic carboxylic acids is 1. The molecule has 0 radical (unpaired) electrons. The number of carboxylic acid groups (broad SMARTS) is 1. The highest BCUT2D eigenvalue weighted by Gasteiger charge is 2.54. The highest BCUT2D eigenvalue weighted by Crippen LogP contribution is 2.41. The summed E-state index contributed by atoms with van der Waals surface area (Å²) in [7, 11) is 1.63. The number of fused-ring (bicyclic) bond motifs is 1. The monoisotopic (exact) mass is 486 g/mol. The minimum atomic E-state index is -1.17. The largest absolute Gasteiger partial charge is 0.477 e. The number of carbonyl (C=O) groups is 3. The van der Waals surface area contributed by atoms with Gasteiger partial charge in [-0.3, -0.25) is 19.2 Å². The Morgan fingerprint density at radius 1 is 1.43 bits per heavy atom. The molecule has 2 aliphatic rings. The van der Waals surface area contributed by atoms with Crippen molar-refractivity contribution >= 4 is 64.2 Å². The smallest absolute Gasteiger partial charge is 0.352 e. The van der Waals surface area contributed by atoms with Crippen LogP contribution in [-0.2, 0) is 16.6 Å². The summed E-state index contributed by atoms with van der Waals surface area (Å²) >= 11 is 10.2. The number of nitrogens with zero attached hydrogens (tertiary/aromatic N) is 5. The van der Waals surface area contributed by atoms with E-state index in [-0.39, 0.29) is 16.4 Å². The van der Waals surface area contributed by atoms with E-state index in [9.17, 15) is 19.5 Å². The van der Waals surface area contributed by atoms with Crippen LogP contribution in [0.2, 0.25) is 5.02 Å². The van der Waals surface area contributed by atoms with Crippen LogP contribution in [0.25, 0.3) is 0 Å². The van der Waals surface area contributed by atoms with Gasteiger partial charge in [0.1, 0.15) is 22.1 Å². The minimum absolute atomic E-state index is 0.0182. The zero-order valence-corrected chi connectivity index (χ0v) is 18.9. The summed E-state index contributed by atoms with van der Waals surface area (Å²) in [6, 6.07) is -0.838. The average molecular weight is 487 g/mol. The molecule has 4 rings (SSSR count). The van der Waals surface area contributed by atoms with Crippen LogP contribution in [-0.4, -0.2) is 70.7 Å². The summed E-state index contributed by atoms with van der Waals surface area (Å²) < 4.78 is 2.14. The number of rotatable bonds is 6. The molecular formula is C16H15ClN6O4S3. The molecule has 158 valence electrons. The van der Waals surface area contributed by atoms with E-state index in [1.807, 2.05) is 6.92 Å². The summed E-state index contributed by atoms with van der Waals surface area (Å²) in [6.07, 6.45) is 1.48. The van der Waals surface area contributed by atoms with E-state index in [4.69, 9.17) is 11.6 Å². The van der Waals surface area contributed by atoms with Crippen LogP contribution in [0.5, 0.6) is 0 Å². The summed E-state index contributed by atoms with van der Waals surface area (Å²) in [4.78, 5) is 38.3. The lowest BCUT2D eigenvalue weighted by Gasteiger charge is -2.49. The van der Waals surface area contributed by atoms with Crippen molar-refractivity contribution in [2.45, 2.75) is 22.7 Å². The second-order valence-electron chi connectivity index (χ2n) is 6.49. The molecule has 2 N–H and O–H groups in total. The average Bonchev–Trinajstić information content (AvgIpc) is 3.27. The van der Waals surface area contributed by atoms with Crippen molar-refractivity contribution in [3.8, 4) is 0 Å². The molecule has 2 amide bonds. The number of carbonyl (C=O) groups excluding carboxylic acids is 2. The van der Waals surface area contributed by atoms with Crippen LogP contribution >= 0.6 is 46.5 Å². The normalized spacial score (nSPS) is 20.8. The van der Waals surface area contributed by atoms with Crippen molar-refractivity contribution < 1.29 is 19.5 Å². The van der Waals surface area contributed by atoms with Gasteiger partial charge >= 0.3 is 5.97 Å². The lowest BCUT2D eigenvalue weighted by atomic mass is 10.0. The van der Waals surface area contributed by atoms with Crippen LogP contribution < -0.4 is 5.32 Å². The number of aryl methyl sites for hydroxylation is 2. The molecule has 0 saturated carbocycles. The molecule has 1 fully saturated rings. The van der Waals surface area contributed by atoms with Crippen molar-refractivity contribution in [2.75, 3.05) is 11.5 Å². The van der Waals surface area contributed by atoms with Crippen molar-refractivity contribution in [2.24, 2.45) is 7.05 Å². The summed E-state index contributed by atoms with van der Waals surface area (Å²) in [5.41, 5.74) is 0.621. The quantitative estimate of drug-likeness (QED) is 0.459. The van der Waals surface area contributed by atoms with Crippen LogP contribution in [0.3, 0.4) is 0 Å². The first-order valence-electron chi connectivity index (χ1n) is 8.59. The number of nitrogens with one attached hydrogen (secondary N) is 1. The van der Waals surface area contributed by atoms with Gasteiger partial charge in [-0.1, -0.05) is 34.7 Å². The second-order valence-corrected chi connectivity index (χ2v) is 10.4. The molecule has 2 aromatic heterocycles. The third kappa shape index (κ3) is 3.82. The number of amides is 2. The molecule has 14 heteroatoms. The van der Waals surface area contributed by atoms with E-state index < -0.39 is 29.2 Å². The maximum Gasteiger partial charge on any atom is 0.352 e. The Morgan fingerprint density at radius 3 is 2.80 bits per heavy atom. The van der Waals surface area contributed by atoms with Gasteiger partial charge in [-0.2, -0.15) is 5.10 Å².